The number of nitrogens with zero attached hydrogens (tertiary/aromatic N) is 2. The number of nitrogens with one attached hydrogen (secondary N) is 1. The molecule has 0 saturated carbocycles. The van der Waals surface area contributed by atoms with Crippen molar-refractivity contribution in [3.8, 4) is 0 Å². The van der Waals surface area contributed by atoms with Crippen LogP contribution in [0.3, 0.4) is 0 Å². The van der Waals surface area contributed by atoms with Crippen molar-refractivity contribution in [2.75, 3.05) is 0 Å². The Morgan fingerprint density at radius 1 is 1.20 bits per heavy atom. The lowest BCUT2D eigenvalue weighted by Gasteiger charge is -2.05. The summed E-state index contributed by atoms with van der Waals surface area (Å²) in [7, 11) is 0. The summed E-state index contributed by atoms with van der Waals surface area (Å²) in [5.41, 5.74) is 2.89. The van der Waals surface area contributed by atoms with Crippen molar-refractivity contribution in [1.29, 1.82) is 0 Å². The third-order valence-electron chi connectivity index (χ3n) is 3.41. The van der Waals surface area contributed by atoms with E-state index in [-0.39, 0.29) is 21.9 Å². The van der Waals surface area contributed by atoms with Crippen LogP contribution in [0.5, 0.6) is 0 Å². The Labute approximate surface area is 152 Å². The van der Waals surface area contributed by atoms with E-state index in [2.05, 4.69) is 15.5 Å². The molecule has 0 atom stereocenters. The molecule has 0 spiro atoms. The van der Waals surface area contributed by atoms with E-state index >= 15 is 0 Å². The van der Waals surface area contributed by atoms with Gasteiger partial charge < -0.3 is 4.42 Å². The van der Waals surface area contributed by atoms with Gasteiger partial charge in [-0.1, -0.05) is 23.2 Å². The minimum atomic E-state index is -0.615. The first-order valence-corrected chi connectivity index (χ1v) is 7.89. The lowest BCUT2D eigenvalue weighted by atomic mass is 10.1. The number of benzene rings is 1. The molecule has 0 radical (unpaired) electrons. The first kappa shape index (κ1) is 17.1. The van der Waals surface area contributed by atoms with Crippen LogP contribution in [0.1, 0.15) is 22.8 Å². The highest BCUT2D eigenvalue weighted by Crippen LogP contribution is 2.27. The Hall–Kier alpha value is -2.70. The fourth-order valence-electron chi connectivity index (χ4n) is 2.17. The van der Waals surface area contributed by atoms with Gasteiger partial charge in [-0.15, -0.1) is 0 Å². The van der Waals surface area contributed by atoms with Gasteiger partial charge in [0.05, 0.1) is 16.3 Å². The standard InChI is InChI=1S/C17H11Cl2N3O3/c1-9(21-22-16(23)10-2-4-20-5-3-10)13-7-11-6-12(18)8-14(19)15(11)25-17(13)24/h2-8H,1H3,(H,22,23). The normalized spacial score (nSPS) is 11.6. The molecule has 0 aliphatic heterocycles. The van der Waals surface area contributed by atoms with Crippen molar-refractivity contribution in [3.05, 3.63) is 74.3 Å². The second-order valence-corrected chi connectivity index (χ2v) is 5.97. The number of pyridine rings is 1. The highest BCUT2D eigenvalue weighted by molar-refractivity contribution is 6.38. The number of carbonyl (C=O) groups is 1. The van der Waals surface area contributed by atoms with Crippen molar-refractivity contribution in [2.24, 2.45) is 5.10 Å². The van der Waals surface area contributed by atoms with Crippen molar-refractivity contribution in [2.45, 2.75) is 6.92 Å². The topological polar surface area (TPSA) is 84.6 Å². The molecule has 1 amide bonds. The number of fused-ring (bicyclic) bond motifs is 1. The van der Waals surface area contributed by atoms with Crippen LogP contribution in [0, 0.1) is 0 Å². The largest absolute Gasteiger partial charge is 0.421 e. The molecule has 2 aromatic heterocycles. The molecule has 0 fully saturated rings. The number of aromatic nitrogens is 1. The Morgan fingerprint density at radius 2 is 1.92 bits per heavy atom. The first-order valence-electron chi connectivity index (χ1n) is 7.13. The summed E-state index contributed by atoms with van der Waals surface area (Å²) in [5.74, 6) is -0.419. The number of hydrogen-bond donors (Lipinski definition) is 1. The summed E-state index contributed by atoms with van der Waals surface area (Å²) < 4.78 is 5.24. The first-order chi connectivity index (χ1) is 12.0. The molecule has 0 bridgehead atoms. The summed E-state index contributed by atoms with van der Waals surface area (Å²) >= 11 is 12.0. The van der Waals surface area contributed by atoms with Gasteiger partial charge in [-0.2, -0.15) is 5.10 Å². The Kier molecular flexibility index (Phi) is 4.83. The van der Waals surface area contributed by atoms with Gasteiger partial charge in [0.25, 0.3) is 5.91 Å². The van der Waals surface area contributed by atoms with E-state index in [4.69, 9.17) is 27.6 Å². The maximum atomic E-state index is 12.2. The molecule has 6 nitrogen and oxygen atoms in total. The summed E-state index contributed by atoms with van der Waals surface area (Å²) in [5, 5.41) is 5.17. The molecule has 0 aliphatic rings. The van der Waals surface area contributed by atoms with Crippen LogP contribution in [-0.4, -0.2) is 16.6 Å². The summed E-state index contributed by atoms with van der Waals surface area (Å²) in [6.07, 6.45) is 2.99. The molecule has 2 heterocycles. The van der Waals surface area contributed by atoms with Crippen LogP contribution < -0.4 is 11.1 Å². The van der Waals surface area contributed by atoms with Gasteiger partial charge in [-0.25, -0.2) is 10.2 Å². The zero-order valence-corrected chi connectivity index (χ0v) is 14.4. The van der Waals surface area contributed by atoms with Crippen LogP contribution in [0.4, 0.5) is 0 Å². The number of amides is 1. The molecule has 0 saturated heterocycles. The van der Waals surface area contributed by atoms with E-state index < -0.39 is 11.5 Å². The number of carbonyl (C=O) groups excluding carboxylic acids is 1. The maximum absolute atomic E-state index is 12.2. The van der Waals surface area contributed by atoms with E-state index in [0.29, 0.717) is 16.0 Å². The van der Waals surface area contributed by atoms with Gasteiger partial charge in [0.15, 0.2) is 5.58 Å². The predicted octanol–water partition coefficient (Wildman–Crippen LogP) is 3.65. The number of rotatable bonds is 3. The highest BCUT2D eigenvalue weighted by atomic mass is 35.5. The molecule has 126 valence electrons. The smallest absolute Gasteiger partial charge is 0.345 e. The zero-order valence-electron chi connectivity index (χ0n) is 12.9. The molecule has 0 unspecified atom stereocenters. The molecule has 3 rings (SSSR count). The van der Waals surface area contributed by atoms with E-state index in [9.17, 15) is 9.59 Å². The highest BCUT2D eigenvalue weighted by Gasteiger charge is 2.12. The molecular formula is C17H11Cl2N3O3. The van der Waals surface area contributed by atoms with Crippen LogP contribution in [0.15, 0.2) is 57.0 Å². The second-order valence-electron chi connectivity index (χ2n) is 5.13. The number of hydrogen-bond acceptors (Lipinski definition) is 5. The van der Waals surface area contributed by atoms with Crippen molar-refractivity contribution in [3.63, 3.8) is 0 Å². The quantitative estimate of drug-likeness (QED) is 0.430. The fraction of sp³-hybridized carbons (Fsp3) is 0.0588. The van der Waals surface area contributed by atoms with Gasteiger partial charge >= 0.3 is 5.63 Å². The van der Waals surface area contributed by atoms with Crippen LogP contribution in [-0.2, 0) is 0 Å². The molecular weight excluding hydrogens is 365 g/mol. The average molecular weight is 376 g/mol. The third kappa shape index (κ3) is 3.70. The number of halogens is 2. The average Bonchev–Trinajstić information content (AvgIpc) is 2.60. The predicted molar refractivity (Wildman–Crippen MR) is 96.4 cm³/mol. The van der Waals surface area contributed by atoms with Gasteiger partial charge in [-0.05, 0) is 37.3 Å². The molecule has 3 aromatic rings. The molecule has 0 aliphatic carbocycles. The lowest BCUT2D eigenvalue weighted by Crippen LogP contribution is -2.21. The maximum Gasteiger partial charge on any atom is 0.345 e. The lowest BCUT2D eigenvalue weighted by molar-refractivity contribution is 0.0954. The monoisotopic (exact) mass is 375 g/mol. The zero-order chi connectivity index (χ0) is 18.0. The molecule has 1 aromatic carbocycles. The van der Waals surface area contributed by atoms with Crippen molar-refractivity contribution in [1.82, 2.24) is 10.4 Å². The Morgan fingerprint density at radius 3 is 2.64 bits per heavy atom. The Bertz CT molecular complexity index is 1050. The van der Waals surface area contributed by atoms with E-state index in [1.54, 1.807) is 31.2 Å². The third-order valence-corrected chi connectivity index (χ3v) is 3.91. The SMILES string of the molecule is CC(=NNC(=O)c1ccncc1)c1cc2cc(Cl)cc(Cl)c2oc1=O. The van der Waals surface area contributed by atoms with Gasteiger partial charge in [-0.3, -0.25) is 9.78 Å². The van der Waals surface area contributed by atoms with Crippen molar-refractivity contribution < 1.29 is 9.21 Å². The Balaban J connectivity index is 1.94. The van der Waals surface area contributed by atoms with E-state index in [1.807, 2.05) is 0 Å². The number of hydrazone groups is 1. The van der Waals surface area contributed by atoms with E-state index in [1.165, 1.54) is 18.5 Å². The summed E-state index contributed by atoms with van der Waals surface area (Å²) in [4.78, 5) is 28.0. The van der Waals surface area contributed by atoms with Crippen LogP contribution >= 0.6 is 23.2 Å². The minimum absolute atomic E-state index is 0.195. The van der Waals surface area contributed by atoms with Gasteiger partial charge in [0.2, 0.25) is 0 Å². The summed E-state index contributed by atoms with van der Waals surface area (Å²) in [6, 6.07) is 7.78. The van der Waals surface area contributed by atoms with Crippen LogP contribution in [0.25, 0.3) is 11.0 Å². The second kappa shape index (κ2) is 7.04. The van der Waals surface area contributed by atoms with Crippen molar-refractivity contribution >= 4 is 45.8 Å². The van der Waals surface area contributed by atoms with Crippen LogP contribution in [0.2, 0.25) is 10.0 Å². The molecule has 8 heteroatoms. The van der Waals surface area contributed by atoms with E-state index in [0.717, 1.165) is 0 Å². The minimum Gasteiger partial charge on any atom is -0.421 e. The molecule has 25 heavy (non-hydrogen) atoms. The fourth-order valence-corrected chi connectivity index (χ4v) is 2.72. The van der Waals surface area contributed by atoms with Gasteiger partial charge in [0, 0.05) is 28.4 Å². The summed E-state index contributed by atoms with van der Waals surface area (Å²) in [6.45, 7) is 1.58. The molecule has 1 N–H and O–H groups in total. The van der Waals surface area contributed by atoms with Gasteiger partial charge in [0.1, 0.15) is 0 Å².